The molecule has 0 spiro atoms. The molecule has 0 aliphatic carbocycles. The molecule has 234 valence electrons. The molecule has 0 fully saturated rings. The Morgan fingerprint density at radius 3 is 1.75 bits per heavy atom. The summed E-state index contributed by atoms with van der Waals surface area (Å²) in [5.74, 6) is 0.844. The van der Waals surface area contributed by atoms with Crippen molar-refractivity contribution in [1.82, 2.24) is 4.90 Å². The molecule has 1 aromatic rings. The zero-order valence-electron chi connectivity index (χ0n) is 22.5. The lowest BCUT2D eigenvalue weighted by atomic mass is 10.0. The van der Waals surface area contributed by atoms with Crippen LogP contribution in [0.25, 0.3) is 0 Å². The number of aliphatic hydroxyl groups excluding tert-OH is 10. The van der Waals surface area contributed by atoms with Crippen LogP contribution in [0.3, 0.4) is 0 Å². The maximum Gasteiger partial charge on any atom is 0.191 e. The highest BCUT2D eigenvalue weighted by atomic mass is 35.5. The number of thioether (sulfide) groups is 1. The minimum Gasteiger partial charge on any atom is -0.492 e. The smallest absolute Gasteiger partial charge is 0.191 e. The molecule has 40 heavy (non-hydrogen) atoms. The van der Waals surface area contributed by atoms with Gasteiger partial charge in [0.2, 0.25) is 0 Å². The van der Waals surface area contributed by atoms with Gasteiger partial charge in [-0.2, -0.15) is 0 Å². The molecule has 0 aliphatic heterocycles. The third kappa shape index (κ3) is 13.2. The summed E-state index contributed by atoms with van der Waals surface area (Å²) in [6.07, 6.45) is -14.3. The van der Waals surface area contributed by atoms with Gasteiger partial charge >= 0.3 is 0 Å². The van der Waals surface area contributed by atoms with Crippen molar-refractivity contribution in [2.75, 3.05) is 39.5 Å². The van der Waals surface area contributed by atoms with E-state index in [0.717, 1.165) is 5.56 Å². The van der Waals surface area contributed by atoms with E-state index in [2.05, 4.69) is 0 Å². The number of hydrogen-bond donors (Lipinski definition) is 10. The number of halogens is 1. The summed E-state index contributed by atoms with van der Waals surface area (Å²) in [5, 5.41) is 98.0. The average Bonchev–Trinajstić information content (AvgIpc) is 2.93. The molecule has 0 aliphatic rings. The summed E-state index contributed by atoms with van der Waals surface area (Å²) < 4.78 is 5.75. The summed E-state index contributed by atoms with van der Waals surface area (Å²) in [5.41, 5.74) is 0.855. The van der Waals surface area contributed by atoms with Crippen molar-refractivity contribution in [3.8, 4) is 5.75 Å². The molecule has 0 saturated carbocycles. The van der Waals surface area contributed by atoms with Crippen LogP contribution in [0.4, 0.5) is 0 Å². The second-order valence-corrected chi connectivity index (χ2v) is 10.6. The van der Waals surface area contributed by atoms with Gasteiger partial charge in [-0.3, -0.25) is 9.69 Å². The normalized spacial score (nSPS) is 17.9. The molecule has 0 amide bonds. The molecule has 1 aromatic carbocycles. The maximum atomic E-state index is 11.9. The fourth-order valence-electron chi connectivity index (χ4n) is 3.47. The molecule has 0 unspecified atom stereocenters. The molecule has 0 radical (unpaired) electrons. The SMILES string of the molecule is CC(C)C(=O)SCc1cccc(OCCN(C[C@H](O)[C@@H](O)[C@H](O)[C@H](O)CO)C[C@H](O)[C@@H](O)[C@H](O)[C@H](O)CO)c1.Cl. The predicted octanol–water partition coefficient (Wildman–Crippen LogP) is -2.92. The Labute approximate surface area is 244 Å². The molecular weight excluding hydrogens is 574 g/mol. The van der Waals surface area contributed by atoms with E-state index in [0.29, 0.717) is 11.5 Å². The van der Waals surface area contributed by atoms with E-state index in [9.17, 15) is 45.6 Å². The molecule has 10 N–H and O–H groups in total. The van der Waals surface area contributed by atoms with E-state index in [1.165, 1.54) is 16.7 Å². The molecule has 8 atom stereocenters. The number of carbonyl (C=O) groups is 1. The number of benzene rings is 1. The molecule has 0 heterocycles. The quantitative estimate of drug-likeness (QED) is 0.0749. The number of nitrogens with zero attached hydrogens (tertiary/aromatic N) is 1. The summed E-state index contributed by atoms with van der Waals surface area (Å²) in [6, 6.07) is 7.04. The lowest BCUT2D eigenvalue weighted by Gasteiger charge is -2.33. The molecular formula is C25H44ClNO12S. The summed E-state index contributed by atoms with van der Waals surface area (Å²) in [6.45, 7) is 1.14. The largest absolute Gasteiger partial charge is 0.492 e. The Bertz CT molecular complexity index is 811. The molecule has 0 saturated heterocycles. The number of ether oxygens (including phenoxy) is 1. The predicted molar refractivity (Wildman–Crippen MR) is 149 cm³/mol. The van der Waals surface area contributed by atoms with E-state index < -0.39 is 75.1 Å². The Morgan fingerprint density at radius 1 is 0.825 bits per heavy atom. The van der Waals surface area contributed by atoms with Crippen molar-refractivity contribution in [2.24, 2.45) is 5.92 Å². The number of aliphatic hydroxyl groups is 10. The van der Waals surface area contributed by atoms with Crippen LogP contribution in [0.5, 0.6) is 5.75 Å². The standard InChI is InChI=1S/C25H43NO12S.ClH/c1-14(2)25(37)39-13-15-4-3-5-16(8-15)38-7-6-26(9-17(29)21(33)23(35)19(31)11-27)10-18(30)22(34)24(36)20(32)12-28;/h3-5,8,14,17-24,27-36H,6-7,9-13H2,1-2H3;1H/t17-,18-,19+,20+,21+,22+,23+,24+;/m0./s1. The number of rotatable bonds is 19. The lowest BCUT2D eigenvalue weighted by molar-refractivity contribution is -0.130. The Balaban J connectivity index is 0.0000152. The summed E-state index contributed by atoms with van der Waals surface area (Å²) in [7, 11) is 0. The molecule has 0 aromatic heterocycles. The van der Waals surface area contributed by atoms with Crippen molar-refractivity contribution >= 4 is 29.3 Å². The fraction of sp³-hybridized carbons (Fsp3) is 0.720. The summed E-state index contributed by atoms with van der Waals surface area (Å²) >= 11 is 1.19. The highest BCUT2D eigenvalue weighted by Crippen LogP contribution is 2.21. The van der Waals surface area contributed by atoms with Crippen molar-refractivity contribution in [3.05, 3.63) is 29.8 Å². The lowest BCUT2D eigenvalue weighted by Crippen LogP contribution is -2.53. The van der Waals surface area contributed by atoms with Gasteiger partial charge < -0.3 is 55.8 Å². The third-order valence-electron chi connectivity index (χ3n) is 5.97. The van der Waals surface area contributed by atoms with Crippen LogP contribution in [0.15, 0.2) is 24.3 Å². The van der Waals surface area contributed by atoms with Crippen LogP contribution >= 0.6 is 24.2 Å². The Kier molecular flexibility index (Phi) is 19.4. The van der Waals surface area contributed by atoms with Crippen molar-refractivity contribution in [3.63, 3.8) is 0 Å². The van der Waals surface area contributed by atoms with Crippen LogP contribution in [0, 0.1) is 5.92 Å². The van der Waals surface area contributed by atoms with Crippen LogP contribution in [0.1, 0.15) is 19.4 Å². The molecule has 1 rings (SSSR count). The van der Waals surface area contributed by atoms with Gasteiger partial charge in [0.1, 0.15) is 49.0 Å². The highest BCUT2D eigenvalue weighted by molar-refractivity contribution is 8.13. The topological polar surface area (TPSA) is 232 Å². The average molecular weight is 618 g/mol. The van der Waals surface area contributed by atoms with E-state index in [1.54, 1.807) is 18.2 Å². The van der Waals surface area contributed by atoms with E-state index in [1.807, 2.05) is 19.9 Å². The van der Waals surface area contributed by atoms with Crippen LogP contribution < -0.4 is 4.74 Å². The van der Waals surface area contributed by atoms with Crippen LogP contribution in [-0.2, 0) is 10.5 Å². The molecule has 0 bridgehead atoms. The van der Waals surface area contributed by atoms with Gasteiger partial charge in [0, 0.05) is 31.3 Å². The first-order valence-electron chi connectivity index (χ1n) is 12.6. The molecule has 13 nitrogen and oxygen atoms in total. The second kappa shape index (κ2) is 19.9. The zero-order chi connectivity index (χ0) is 29.7. The Hall–Kier alpha value is -1.11. The van der Waals surface area contributed by atoms with Crippen LogP contribution in [-0.4, -0.2) is 149 Å². The van der Waals surface area contributed by atoms with Gasteiger partial charge in [-0.15, -0.1) is 12.4 Å². The first-order valence-corrected chi connectivity index (χ1v) is 13.6. The number of carbonyl (C=O) groups excluding carboxylic acids is 1. The van der Waals surface area contributed by atoms with E-state index in [4.69, 9.17) is 14.9 Å². The Morgan fingerprint density at radius 2 is 1.30 bits per heavy atom. The zero-order valence-corrected chi connectivity index (χ0v) is 24.1. The number of hydrogen-bond acceptors (Lipinski definition) is 14. The third-order valence-corrected chi connectivity index (χ3v) is 7.20. The maximum absolute atomic E-state index is 11.9. The van der Waals surface area contributed by atoms with Crippen molar-refractivity contribution < 1.29 is 60.6 Å². The first kappa shape index (κ1) is 38.9. The van der Waals surface area contributed by atoms with E-state index >= 15 is 0 Å². The van der Waals surface area contributed by atoms with Gasteiger partial charge in [-0.05, 0) is 17.7 Å². The van der Waals surface area contributed by atoms with Gasteiger partial charge in [-0.25, -0.2) is 0 Å². The highest BCUT2D eigenvalue weighted by Gasteiger charge is 2.34. The van der Waals surface area contributed by atoms with Crippen molar-refractivity contribution in [2.45, 2.75) is 68.4 Å². The monoisotopic (exact) mass is 617 g/mol. The minimum atomic E-state index is -1.87. The fourth-order valence-corrected chi connectivity index (χ4v) is 4.29. The van der Waals surface area contributed by atoms with Crippen molar-refractivity contribution in [1.29, 1.82) is 0 Å². The van der Waals surface area contributed by atoms with Gasteiger partial charge in [0.15, 0.2) is 5.12 Å². The van der Waals surface area contributed by atoms with Gasteiger partial charge in [0.25, 0.3) is 0 Å². The van der Waals surface area contributed by atoms with E-state index in [-0.39, 0.29) is 36.6 Å². The minimum absolute atomic E-state index is 0. The van der Waals surface area contributed by atoms with Crippen LogP contribution in [0.2, 0.25) is 0 Å². The summed E-state index contributed by atoms with van der Waals surface area (Å²) in [4.78, 5) is 13.2. The first-order chi connectivity index (χ1) is 18.3. The van der Waals surface area contributed by atoms with Gasteiger partial charge in [0.05, 0.1) is 25.4 Å². The van der Waals surface area contributed by atoms with Gasteiger partial charge in [-0.1, -0.05) is 37.7 Å². The molecule has 15 heteroatoms. The second-order valence-electron chi connectivity index (χ2n) is 9.61.